The number of fused-ring (bicyclic) bond motifs is 2. The molecule has 1 aromatic rings. The van der Waals surface area contributed by atoms with E-state index in [0.29, 0.717) is 6.54 Å². The van der Waals surface area contributed by atoms with Gasteiger partial charge < -0.3 is 14.7 Å². The van der Waals surface area contributed by atoms with E-state index >= 15 is 0 Å². The maximum absolute atomic E-state index is 12.9. The molecule has 5 rings (SSSR count). The number of esters is 1. The molecule has 1 saturated carbocycles. The topological polar surface area (TPSA) is 70.1 Å². The molecule has 3 aliphatic heterocycles. The molecule has 2 saturated heterocycles. The van der Waals surface area contributed by atoms with Crippen LogP contribution in [0.4, 0.5) is 5.69 Å². The molecule has 1 amide bonds. The number of piperidine rings is 1. The molecule has 4 aliphatic rings. The number of benzene rings is 1. The van der Waals surface area contributed by atoms with Crippen molar-refractivity contribution < 1.29 is 19.4 Å². The van der Waals surface area contributed by atoms with Crippen LogP contribution < -0.4 is 4.90 Å². The van der Waals surface area contributed by atoms with Crippen LogP contribution >= 0.6 is 0 Å². The largest absolute Gasteiger partial charge is 0.469 e. The number of carbonyl (C=O) groups is 2. The average Bonchev–Trinajstić information content (AvgIpc) is 3.16. The average molecular weight is 356 g/mol. The Bertz CT molecular complexity index is 796. The minimum absolute atomic E-state index is 0.0545. The maximum Gasteiger partial charge on any atom is 0.311 e. The molecule has 0 aromatic heterocycles. The normalized spacial score (nSPS) is 40.1. The summed E-state index contributed by atoms with van der Waals surface area (Å²) in [7, 11) is 1.40. The van der Waals surface area contributed by atoms with Gasteiger partial charge in [-0.1, -0.05) is 18.2 Å². The van der Waals surface area contributed by atoms with Crippen molar-refractivity contribution in [1.29, 1.82) is 0 Å². The van der Waals surface area contributed by atoms with Gasteiger partial charge in [0.15, 0.2) is 0 Å². The summed E-state index contributed by atoms with van der Waals surface area (Å²) in [5.74, 6) is -1.03. The summed E-state index contributed by atoms with van der Waals surface area (Å²) in [6, 6.07) is 8.05. The van der Waals surface area contributed by atoms with Gasteiger partial charge >= 0.3 is 5.97 Å². The van der Waals surface area contributed by atoms with Crippen LogP contribution in [-0.4, -0.2) is 60.3 Å². The zero-order valence-corrected chi connectivity index (χ0v) is 15.1. The number of anilines is 1. The van der Waals surface area contributed by atoms with Crippen LogP contribution in [0, 0.1) is 11.8 Å². The molecule has 6 heteroatoms. The fourth-order valence-electron chi connectivity index (χ4n) is 6.53. The van der Waals surface area contributed by atoms with Gasteiger partial charge in [0.05, 0.1) is 25.2 Å². The van der Waals surface area contributed by atoms with Crippen molar-refractivity contribution in [1.82, 2.24) is 4.90 Å². The van der Waals surface area contributed by atoms with Crippen molar-refractivity contribution in [3.63, 3.8) is 0 Å². The quantitative estimate of drug-likeness (QED) is 0.758. The summed E-state index contributed by atoms with van der Waals surface area (Å²) in [6.07, 6.45) is 1.11. The number of amides is 1. The van der Waals surface area contributed by atoms with E-state index in [9.17, 15) is 14.7 Å². The van der Waals surface area contributed by atoms with E-state index in [4.69, 9.17) is 4.74 Å². The standard InChI is InChI=1S/C20H24N2O4/c1-11(23)22-14-6-4-3-5-13(14)20-7-8-21-10-15(24)12(9-16(20)21)17(18(20)22)19(25)26-2/h3-6,12,15-18,24H,7-10H2,1-2H3/t12-,15-,16-,17+,18-,20+/m0/s1. The van der Waals surface area contributed by atoms with Gasteiger partial charge in [-0.05, 0) is 31.0 Å². The number of carbonyl (C=O) groups excluding carboxylic acids is 2. The second-order valence-corrected chi connectivity index (χ2v) is 8.17. The molecule has 1 N–H and O–H groups in total. The van der Waals surface area contributed by atoms with Crippen LogP contribution in [0.5, 0.6) is 0 Å². The Balaban J connectivity index is 1.78. The van der Waals surface area contributed by atoms with Crippen LogP contribution in [0.1, 0.15) is 25.3 Å². The molecule has 1 aliphatic carbocycles. The monoisotopic (exact) mass is 356 g/mol. The van der Waals surface area contributed by atoms with Gasteiger partial charge in [0.1, 0.15) is 0 Å². The molecule has 26 heavy (non-hydrogen) atoms. The Kier molecular flexibility index (Phi) is 3.32. The Morgan fingerprint density at radius 3 is 2.81 bits per heavy atom. The molecule has 3 fully saturated rings. The van der Waals surface area contributed by atoms with Crippen LogP contribution in [-0.2, 0) is 19.7 Å². The summed E-state index contributed by atoms with van der Waals surface area (Å²) in [4.78, 5) is 29.7. The number of hydrogen-bond donors (Lipinski definition) is 1. The fourth-order valence-corrected chi connectivity index (χ4v) is 6.53. The van der Waals surface area contributed by atoms with Crippen molar-refractivity contribution in [2.24, 2.45) is 11.8 Å². The number of hydrogen-bond acceptors (Lipinski definition) is 5. The van der Waals surface area contributed by atoms with E-state index in [1.165, 1.54) is 12.7 Å². The summed E-state index contributed by atoms with van der Waals surface area (Å²) < 4.78 is 5.17. The van der Waals surface area contributed by atoms with Crippen molar-refractivity contribution in [3.05, 3.63) is 29.8 Å². The Labute approximate surface area is 152 Å². The van der Waals surface area contributed by atoms with Crippen LogP contribution in [0.2, 0.25) is 0 Å². The molecule has 6 nitrogen and oxygen atoms in total. The third-order valence-electron chi connectivity index (χ3n) is 7.34. The highest BCUT2D eigenvalue weighted by molar-refractivity contribution is 5.97. The van der Waals surface area contributed by atoms with Gasteiger partial charge in [0.25, 0.3) is 0 Å². The van der Waals surface area contributed by atoms with E-state index in [-0.39, 0.29) is 35.3 Å². The lowest BCUT2D eigenvalue weighted by Crippen LogP contribution is -2.68. The van der Waals surface area contributed by atoms with Crippen LogP contribution in [0.15, 0.2) is 24.3 Å². The third kappa shape index (κ3) is 1.74. The molecule has 6 atom stereocenters. The van der Waals surface area contributed by atoms with Gasteiger partial charge in [-0.15, -0.1) is 0 Å². The highest BCUT2D eigenvalue weighted by atomic mass is 16.5. The van der Waals surface area contributed by atoms with Crippen LogP contribution in [0.25, 0.3) is 0 Å². The molecule has 0 radical (unpaired) electrons. The number of aliphatic hydroxyl groups is 1. The first-order valence-corrected chi connectivity index (χ1v) is 9.40. The second-order valence-electron chi connectivity index (χ2n) is 8.17. The fraction of sp³-hybridized carbons (Fsp3) is 0.600. The predicted molar refractivity (Wildman–Crippen MR) is 94.7 cm³/mol. The van der Waals surface area contributed by atoms with Crippen molar-refractivity contribution >= 4 is 17.6 Å². The van der Waals surface area contributed by atoms with E-state index in [1.807, 2.05) is 23.1 Å². The first-order chi connectivity index (χ1) is 12.5. The first kappa shape index (κ1) is 16.3. The minimum Gasteiger partial charge on any atom is -0.469 e. The molecule has 1 aromatic carbocycles. The summed E-state index contributed by atoms with van der Waals surface area (Å²) in [5, 5.41) is 10.8. The zero-order chi connectivity index (χ0) is 18.2. The first-order valence-electron chi connectivity index (χ1n) is 9.40. The van der Waals surface area contributed by atoms with E-state index in [2.05, 4.69) is 11.0 Å². The Morgan fingerprint density at radius 2 is 2.08 bits per heavy atom. The lowest BCUT2D eigenvalue weighted by Gasteiger charge is -2.55. The number of para-hydroxylation sites is 1. The highest BCUT2D eigenvalue weighted by Crippen LogP contribution is 2.62. The number of methoxy groups -OCH3 is 1. The summed E-state index contributed by atoms with van der Waals surface area (Å²) >= 11 is 0. The molecular formula is C20H24N2O4. The SMILES string of the molecule is COC(=O)[C@@H]1[C@H]2C[C@@H]3N(CC[C@@]34c3ccccc3N(C(C)=O)[C@@H]14)C[C@@H]2O. The molecule has 2 bridgehead atoms. The van der Waals surface area contributed by atoms with Gasteiger partial charge in [-0.3, -0.25) is 14.5 Å². The van der Waals surface area contributed by atoms with Crippen molar-refractivity contribution in [2.45, 2.75) is 43.4 Å². The molecule has 1 spiro atoms. The number of nitrogens with zero attached hydrogens (tertiary/aromatic N) is 2. The van der Waals surface area contributed by atoms with Crippen molar-refractivity contribution in [2.75, 3.05) is 25.1 Å². The minimum atomic E-state index is -0.566. The van der Waals surface area contributed by atoms with Gasteiger partial charge in [0, 0.05) is 36.5 Å². The molecule has 138 valence electrons. The highest BCUT2D eigenvalue weighted by Gasteiger charge is 2.70. The summed E-state index contributed by atoms with van der Waals surface area (Å²) in [5.41, 5.74) is 1.84. The summed E-state index contributed by atoms with van der Waals surface area (Å²) in [6.45, 7) is 3.05. The Morgan fingerprint density at radius 1 is 1.31 bits per heavy atom. The predicted octanol–water partition coefficient (Wildman–Crippen LogP) is 0.917. The number of ether oxygens (including phenoxy) is 1. The smallest absolute Gasteiger partial charge is 0.311 e. The Hall–Kier alpha value is -1.92. The lowest BCUT2D eigenvalue weighted by atomic mass is 9.55. The van der Waals surface area contributed by atoms with E-state index < -0.39 is 12.0 Å². The van der Waals surface area contributed by atoms with E-state index in [1.54, 1.807) is 6.92 Å². The van der Waals surface area contributed by atoms with Gasteiger partial charge in [-0.2, -0.15) is 0 Å². The molecule has 0 unspecified atom stereocenters. The molecule has 3 heterocycles. The number of rotatable bonds is 1. The van der Waals surface area contributed by atoms with Crippen LogP contribution in [0.3, 0.4) is 0 Å². The molecular weight excluding hydrogens is 332 g/mol. The van der Waals surface area contributed by atoms with Crippen molar-refractivity contribution in [3.8, 4) is 0 Å². The van der Waals surface area contributed by atoms with Gasteiger partial charge in [-0.25, -0.2) is 0 Å². The maximum atomic E-state index is 12.9. The van der Waals surface area contributed by atoms with E-state index in [0.717, 1.165) is 25.1 Å². The zero-order valence-electron chi connectivity index (χ0n) is 15.1. The number of aliphatic hydroxyl groups excluding tert-OH is 1. The van der Waals surface area contributed by atoms with Gasteiger partial charge in [0.2, 0.25) is 5.91 Å². The second kappa shape index (κ2) is 5.30. The lowest BCUT2D eigenvalue weighted by molar-refractivity contribution is -0.159. The third-order valence-corrected chi connectivity index (χ3v) is 7.34.